The molecule has 1 saturated heterocycles. The third kappa shape index (κ3) is 5.65. The van der Waals surface area contributed by atoms with E-state index in [0.29, 0.717) is 6.61 Å². The largest absolute Gasteiger partial charge is 0.495 e. The van der Waals surface area contributed by atoms with Crippen molar-refractivity contribution in [2.75, 3.05) is 64.6 Å². The van der Waals surface area contributed by atoms with Crippen LogP contribution in [0.15, 0.2) is 24.3 Å². The Labute approximate surface area is 139 Å². The van der Waals surface area contributed by atoms with E-state index in [-0.39, 0.29) is 19.0 Å². The molecular weight excluding hydrogens is 304 g/mol. The maximum absolute atomic E-state index is 8.64. The van der Waals surface area contributed by atoms with Gasteiger partial charge in [-0.25, -0.2) is 0 Å². The Morgan fingerprint density at radius 2 is 1.82 bits per heavy atom. The van der Waals surface area contributed by atoms with E-state index < -0.39 is 0 Å². The van der Waals surface area contributed by atoms with Gasteiger partial charge >= 0.3 is 0 Å². The molecule has 0 atom stereocenters. The Morgan fingerprint density at radius 1 is 1.09 bits per heavy atom. The summed E-state index contributed by atoms with van der Waals surface area (Å²) >= 11 is 0. The molecule has 5 nitrogen and oxygen atoms in total. The van der Waals surface area contributed by atoms with E-state index in [9.17, 15) is 0 Å². The number of para-hydroxylation sites is 2. The van der Waals surface area contributed by atoms with Gasteiger partial charge < -0.3 is 19.5 Å². The van der Waals surface area contributed by atoms with Crippen LogP contribution in [0.4, 0.5) is 5.69 Å². The Hall–Kier alpha value is -1.01. The number of halogens is 1. The Balaban J connectivity index is 0.00000242. The van der Waals surface area contributed by atoms with Crippen molar-refractivity contribution in [3.63, 3.8) is 0 Å². The zero-order valence-electron chi connectivity index (χ0n) is 13.2. The lowest BCUT2D eigenvalue weighted by molar-refractivity contribution is 0.0841. The first kappa shape index (κ1) is 19.0. The topological polar surface area (TPSA) is 45.2 Å². The maximum Gasteiger partial charge on any atom is 0.142 e. The van der Waals surface area contributed by atoms with Crippen LogP contribution in [-0.2, 0) is 4.74 Å². The maximum atomic E-state index is 8.64. The summed E-state index contributed by atoms with van der Waals surface area (Å²) in [6, 6.07) is 8.20. The standard InChI is InChI=1S/C16H26N2O3.ClH/c1-20-16-6-3-2-5-15(16)18-10-8-17(9-11-18)7-4-13-21-14-12-19;/h2-3,5-6,19H,4,7-14H2,1H3;1H. The van der Waals surface area contributed by atoms with Crippen LogP contribution in [0.2, 0.25) is 0 Å². The monoisotopic (exact) mass is 330 g/mol. The fourth-order valence-electron chi connectivity index (χ4n) is 2.66. The van der Waals surface area contributed by atoms with E-state index in [1.165, 1.54) is 5.69 Å². The van der Waals surface area contributed by atoms with E-state index in [4.69, 9.17) is 14.6 Å². The molecule has 0 spiro atoms. The minimum atomic E-state index is 0. The van der Waals surface area contributed by atoms with Crippen LogP contribution in [0.5, 0.6) is 5.75 Å². The second-order valence-corrected chi connectivity index (χ2v) is 5.19. The molecule has 1 aliphatic heterocycles. The van der Waals surface area contributed by atoms with Crippen molar-refractivity contribution in [2.45, 2.75) is 6.42 Å². The number of anilines is 1. The van der Waals surface area contributed by atoms with E-state index in [1.54, 1.807) is 7.11 Å². The number of methoxy groups -OCH3 is 1. The third-order valence-corrected chi connectivity index (χ3v) is 3.80. The highest BCUT2D eigenvalue weighted by atomic mass is 35.5. The molecule has 0 aliphatic carbocycles. The molecule has 1 fully saturated rings. The summed E-state index contributed by atoms with van der Waals surface area (Å²) < 4.78 is 10.7. The SMILES string of the molecule is COc1ccccc1N1CCN(CCCOCCO)CC1.Cl. The van der Waals surface area contributed by atoms with E-state index >= 15 is 0 Å². The lowest BCUT2D eigenvalue weighted by Gasteiger charge is -2.36. The average molecular weight is 331 g/mol. The first-order valence-corrected chi connectivity index (χ1v) is 7.64. The van der Waals surface area contributed by atoms with Crippen molar-refractivity contribution < 1.29 is 14.6 Å². The lowest BCUT2D eigenvalue weighted by atomic mass is 10.2. The Bertz CT molecular complexity index is 412. The molecule has 0 amide bonds. The van der Waals surface area contributed by atoms with Crippen LogP contribution < -0.4 is 9.64 Å². The molecule has 22 heavy (non-hydrogen) atoms. The molecule has 1 aliphatic rings. The molecular formula is C16H27ClN2O3. The highest BCUT2D eigenvalue weighted by Crippen LogP contribution is 2.28. The predicted molar refractivity (Wildman–Crippen MR) is 91.4 cm³/mol. The van der Waals surface area contributed by atoms with Crippen LogP contribution >= 0.6 is 12.4 Å². The molecule has 1 N–H and O–H groups in total. The number of aliphatic hydroxyl groups is 1. The van der Waals surface area contributed by atoms with Crippen LogP contribution in [-0.4, -0.2) is 69.7 Å². The van der Waals surface area contributed by atoms with Gasteiger partial charge in [-0.05, 0) is 18.6 Å². The molecule has 2 rings (SSSR count). The first-order chi connectivity index (χ1) is 10.3. The van der Waals surface area contributed by atoms with Crippen molar-refractivity contribution in [2.24, 2.45) is 0 Å². The van der Waals surface area contributed by atoms with Crippen LogP contribution in [0.25, 0.3) is 0 Å². The molecule has 0 radical (unpaired) electrons. The van der Waals surface area contributed by atoms with Crippen LogP contribution in [0, 0.1) is 0 Å². The minimum Gasteiger partial charge on any atom is -0.495 e. The summed E-state index contributed by atoms with van der Waals surface area (Å²) in [7, 11) is 1.72. The minimum absolute atomic E-state index is 0. The Kier molecular flexibility index (Phi) is 9.24. The fourth-order valence-corrected chi connectivity index (χ4v) is 2.66. The fraction of sp³-hybridized carbons (Fsp3) is 0.625. The van der Waals surface area contributed by atoms with Crippen LogP contribution in [0.1, 0.15) is 6.42 Å². The van der Waals surface area contributed by atoms with Gasteiger partial charge in [0, 0.05) is 39.3 Å². The number of benzene rings is 1. The van der Waals surface area contributed by atoms with Crippen molar-refractivity contribution in [1.29, 1.82) is 0 Å². The molecule has 6 heteroatoms. The molecule has 0 unspecified atom stereocenters. The molecule has 0 bridgehead atoms. The van der Waals surface area contributed by atoms with Gasteiger partial charge in [0.05, 0.1) is 26.0 Å². The van der Waals surface area contributed by atoms with Gasteiger partial charge in [-0.15, -0.1) is 12.4 Å². The molecule has 1 heterocycles. The second kappa shape index (κ2) is 10.7. The highest BCUT2D eigenvalue weighted by Gasteiger charge is 2.18. The van der Waals surface area contributed by atoms with Gasteiger partial charge in [0.15, 0.2) is 0 Å². The number of hydrogen-bond acceptors (Lipinski definition) is 5. The van der Waals surface area contributed by atoms with Gasteiger partial charge in [-0.1, -0.05) is 12.1 Å². The van der Waals surface area contributed by atoms with E-state index in [0.717, 1.165) is 51.5 Å². The van der Waals surface area contributed by atoms with Gasteiger partial charge in [0.1, 0.15) is 5.75 Å². The predicted octanol–water partition coefficient (Wildman–Crippen LogP) is 1.64. The van der Waals surface area contributed by atoms with Crippen LogP contribution in [0.3, 0.4) is 0 Å². The number of hydrogen-bond donors (Lipinski definition) is 1. The van der Waals surface area contributed by atoms with Gasteiger partial charge in [-0.3, -0.25) is 4.90 Å². The number of nitrogens with zero attached hydrogens (tertiary/aromatic N) is 2. The molecule has 1 aromatic rings. The van der Waals surface area contributed by atoms with E-state index in [2.05, 4.69) is 21.9 Å². The normalized spacial score (nSPS) is 15.5. The average Bonchev–Trinajstić information content (AvgIpc) is 2.55. The number of ether oxygens (including phenoxy) is 2. The van der Waals surface area contributed by atoms with Crippen molar-refractivity contribution in [1.82, 2.24) is 4.90 Å². The molecule has 0 aromatic heterocycles. The molecule has 126 valence electrons. The summed E-state index contributed by atoms with van der Waals surface area (Å²) in [6.07, 6.45) is 1.02. The zero-order chi connectivity index (χ0) is 14.9. The number of piperazine rings is 1. The lowest BCUT2D eigenvalue weighted by Crippen LogP contribution is -2.46. The van der Waals surface area contributed by atoms with E-state index in [1.807, 2.05) is 12.1 Å². The van der Waals surface area contributed by atoms with Crippen molar-refractivity contribution in [3.05, 3.63) is 24.3 Å². The third-order valence-electron chi connectivity index (χ3n) is 3.80. The number of rotatable bonds is 8. The number of aliphatic hydroxyl groups excluding tert-OH is 1. The summed E-state index contributed by atoms with van der Waals surface area (Å²) in [5, 5.41) is 8.64. The second-order valence-electron chi connectivity index (χ2n) is 5.19. The Morgan fingerprint density at radius 3 is 2.50 bits per heavy atom. The van der Waals surface area contributed by atoms with Crippen molar-refractivity contribution >= 4 is 18.1 Å². The quantitative estimate of drug-likeness (QED) is 0.734. The van der Waals surface area contributed by atoms with Gasteiger partial charge in [0.25, 0.3) is 0 Å². The first-order valence-electron chi connectivity index (χ1n) is 7.64. The zero-order valence-corrected chi connectivity index (χ0v) is 14.1. The molecule has 1 aromatic carbocycles. The smallest absolute Gasteiger partial charge is 0.142 e. The molecule has 0 saturated carbocycles. The van der Waals surface area contributed by atoms with Gasteiger partial charge in [-0.2, -0.15) is 0 Å². The van der Waals surface area contributed by atoms with Crippen molar-refractivity contribution in [3.8, 4) is 5.75 Å². The highest BCUT2D eigenvalue weighted by molar-refractivity contribution is 5.85. The summed E-state index contributed by atoms with van der Waals surface area (Å²) in [5.74, 6) is 0.948. The summed E-state index contributed by atoms with van der Waals surface area (Å²) in [4.78, 5) is 4.85. The summed E-state index contributed by atoms with van der Waals surface area (Å²) in [5.41, 5.74) is 1.19. The summed E-state index contributed by atoms with van der Waals surface area (Å²) in [6.45, 7) is 6.53. The van der Waals surface area contributed by atoms with Gasteiger partial charge in [0.2, 0.25) is 0 Å².